The average molecular weight is 323 g/mol. The smallest absolute Gasteiger partial charge is 0.221 e. The molecule has 1 N–H and O–H groups in total. The summed E-state index contributed by atoms with van der Waals surface area (Å²) in [6.45, 7) is 2.99. The number of hydrogen-bond donors (Lipinski definition) is 1. The summed E-state index contributed by atoms with van der Waals surface area (Å²) in [6, 6.07) is 0. The minimum absolute atomic E-state index is 0.0121. The van der Waals surface area contributed by atoms with Gasteiger partial charge in [0.1, 0.15) is 0 Å². The van der Waals surface area contributed by atoms with Gasteiger partial charge in [0.15, 0.2) is 21.4 Å². The molecular weight excluding hydrogens is 306 g/mol. The molecule has 0 unspecified atom stereocenters. The molecule has 0 saturated carbocycles. The number of nitrogens with one attached hydrogen (secondary N) is 1. The Labute approximate surface area is 128 Å². The van der Waals surface area contributed by atoms with E-state index in [1.165, 1.54) is 13.0 Å². The number of amides is 1. The van der Waals surface area contributed by atoms with Crippen LogP contribution in [0.2, 0.25) is 0 Å². The molecule has 0 aromatic rings. The van der Waals surface area contributed by atoms with Crippen LogP contribution in [0.15, 0.2) is 22.3 Å². The highest BCUT2D eigenvalue weighted by Crippen LogP contribution is 2.49. The van der Waals surface area contributed by atoms with Crippen LogP contribution < -0.4 is 5.32 Å². The first-order valence-corrected chi connectivity index (χ1v) is 8.87. The zero-order valence-corrected chi connectivity index (χ0v) is 13.2. The van der Waals surface area contributed by atoms with Crippen LogP contribution in [-0.2, 0) is 24.2 Å². The first-order chi connectivity index (χ1) is 10.2. The molecule has 0 radical (unpaired) electrons. The second kappa shape index (κ2) is 4.87. The molecule has 6 nitrogen and oxygen atoms in total. The molecule has 1 amide bonds. The van der Waals surface area contributed by atoms with Crippen molar-refractivity contribution in [1.82, 2.24) is 5.32 Å². The van der Waals surface area contributed by atoms with Crippen LogP contribution in [0.5, 0.6) is 0 Å². The van der Waals surface area contributed by atoms with Gasteiger partial charge in [0.2, 0.25) is 5.91 Å². The summed E-state index contributed by atoms with van der Waals surface area (Å²) in [6.07, 6.45) is 1.85. The lowest BCUT2D eigenvalue weighted by atomic mass is 9.66. The highest BCUT2D eigenvalue weighted by Gasteiger charge is 2.52. The van der Waals surface area contributed by atoms with E-state index in [9.17, 15) is 22.8 Å². The summed E-state index contributed by atoms with van der Waals surface area (Å²) in [5, 5.41) is 2.39. The van der Waals surface area contributed by atoms with Crippen molar-refractivity contribution in [1.29, 1.82) is 0 Å². The zero-order valence-electron chi connectivity index (χ0n) is 12.4. The Bertz CT molecular complexity index is 759. The quantitative estimate of drug-likeness (QED) is 0.758. The van der Waals surface area contributed by atoms with Gasteiger partial charge in [0.25, 0.3) is 0 Å². The predicted molar refractivity (Wildman–Crippen MR) is 78.1 cm³/mol. The SMILES string of the molecule is CC(=O)NC1=CC(=O)[C@@H]2CC(C)=C3[C@H](CCS3(=O)=O)[C@@H]2C1=O. The van der Waals surface area contributed by atoms with Gasteiger partial charge < -0.3 is 5.32 Å². The second-order valence-electron chi connectivity index (χ2n) is 6.20. The Hall–Kier alpha value is -1.76. The number of fused-ring (bicyclic) bond motifs is 3. The Morgan fingerprint density at radius 1 is 1.27 bits per heavy atom. The normalized spacial score (nSPS) is 33.2. The monoisotopic (exact) mass is 323 g/mol. The van der Waals surface area contributed by atoms with E-state index >= 15 is 0 Å². The molecule has 1 heterocycles. The van der Waals surface area contributed by atoms with Gasteiger partial charge in [-0.05, 0) is 19.8 Å². The van der Waals surface area contributed by atoms with E-state index in [-0.39, 0.29) is 23.0 Å². The van der Waals surface area contributed by atoms with Crippen LogP contribution >= 0.6 is 0 Å². The fraction of sp³-hybridized carbons (Fsp3) is 0.533. The van der Waals surface area contributed by atoms with Gasteiger partial charge >= 0.3 is 0 Å². The molecular formula is C15H17NO5S. The molecule has 0 aromatic carbocycles. The maximum Gasteiger partial charge on any atom is 0.221 e. The highest BCUT2D eigenvalue weighted by atomic mass is 32.2. The van der Waals surface area contributed by atoms with Crippen molar-refractivity contribution in [2.24, 2.45) is 17.8 Å². The van der Waals surface area contributed by atoms with Crippen LogP contribution in [0, 0.1) is 17.8 Å². The molecule has 118 valence electrons. The van der Waals surface area contributed by atoms with Crippen LogP contribution in [0.25, 0.3) is 0 Å². The average Bonchev–Trinajstić information content (AvgIpc) is 2.72. The Balaban J connectivity index is 2.06. The lowest BCUT2D eigenvalue weighted by Gasteiger charge is -2.37. The summed E-state index contributed by atoms with van der Waals surface area (Å²) < 4.78 is 24.4. The molecule has 7 heteroatoms. The molecule has 3 aliphatic rings. The number of carbonyl (C=O) groups excluding carboxylic acids is 3. The Morgan fingerprint density at radius 3 is 2.59 bits per heavy atom. The number of hydrogen-bond acceptors (Lipinski definition) is 5. The number of ketones is 2. The van der Waals surface area contributed by atoms with E-state index in [1.54, 1.807) is 6.92 Å². The predicted octanol–water partition coefficient (Wildman–Crippen LogP) is 0.503. The minimum atomic E-state index is -3.32. The summed E-state index contributed by atoms with van der Waals surface area (Å²) in [7, 11) is -3.32. The van der Waals surface area contributed by atoms with Gasteiger partial charge in [-0.25, -0.2) is 8.42 Å². The largest absolute Gasteiger partial charge is 0.323 e. The van der Waals surface area contributed by atoms with Gasteiger partial charge in [-0.3, -0.25) is 14.4 Å². The number of allylic oxidation sites excluding steroid dienone is 4. The van der Waals surface area contributed by atoms with Crippen molar-refractivity contribution >= 4 is 27.3 Å². The first kappa shape index (κ1) is 15.1. The van der Waals surface area contributed by atoms with Crippen LogP contribution in [0.3, 0.4) is 0 Å². The highest BCUT2D eigenvalue weighted by molar-refractivity contribution is 7.95. The number of carbonyl (C=O) groups is 3. The summed E-state index contributed by atoms with van der Waals surface area (Å²) in [5.74, 6) is -2.55. The Morgan fingerprint density at radius 2 is 1.95 bits per heavy atom. The van der Waals surface area contributed by atoms with Crippen molar-refractivity contribution in [3.63, 3.8) is 0 Å². The number of rotatable bonds is 1. The molecule has 0 spiro atoms. The first-order valence-electron chi connectivity index (χ1n) is 7.22. The van der Waals surface area contributed by atoms with Gasteiger partial charge in [0.05, 0.1) is 11.4 Å². The maximum absolute atomic E-state index is 12.6. The van der Waals surface area contributed by atoms with Crippen LogP contribution in [0.1, 0.15) is 26.7 Å². The Kier molecular flexibility index (Phi) is 3.36. The summed E-state index contributed by atoms with van der Waals surface area (Å²) in [5.41, 5.74) is 0.684. The molecule has 2 aliphatic carbocycles. The van der Waals surface area contributed by atoms with Crippen molar-refractivity contribution in [3.8, 4) is 0 Å². The summed E-state index contributed by atoms with van der Waals surface area (Å²) >= 11 is 0. The molecule has 22 heavy (non-hydrogen) atoms. The number of sulfone groups is 1. The molecule has 1 saturated heterocycles. The van der Waals surface area contributed by atoms with E-state index in [1.807, 2.05) is 0 Å². The fourth-order valence-electron chi connectivity index (χ4n) is 3.95. The molecule has 1 aliphatic heterocycles. The van der Waals surface area contributed by atoms with Crippen molar-refractivity contribution < 1.29 is 22.8 Å². The fourth-order valence-corrected chi connectivity index (χ4v) is 6.07. The van der Waals surface area contributed by atoms with E-state index in [2.05, 4.69) is 5.32 Å². The van der Waals surface area contributed by atoms with Crippen molar-refractivity contribution in [2.45, 2.75) is 26.7 Å². The molecule has 1 fully saturated rings. The van der Waals surface area contributed by atoms with Crippen molar-refractivity contribution in [3.05, 3.63) is 22.3 Å². The molecule has 0 bridgehead atoms. The zero-order chi connectivity index (χ0) is 16.2. The lowest BCUT2D eigenvalue weighted by molar-refractivity contribution is -0.132. The van der Waals surface area contributed by atoms with E-state index in [0.717, 1.165) is 0 Å². The van der Waals surface area contributed by atoms with Crippen LogP contribution in [-0.4, -0.2) is 31.6 Å². The molecule has 3 atom stereocenters. The molecule has 3 rings (SSSR count). The van der Waals surface area contributed by atoms with E-state index < -0.39 is 33.5 Å². The third-order valence-corrected chi connectivity index (χ3v) is 6.81. The summed E-state index contributed by atoms with van der Waals surface area (Å²) in [4.78, 5) is 36.5. The van der Waals surface area contributed by atoms with Gasteiger partial charge in [-0.1, -0.05) is 5.57 Å². The van der Waals surface area contributed by atoms with Gasteiger partial charge in [-0.2, -0.15) is 0 Å². The minimum Gasteiger partial charge on any atom is -0.323 e. The van der Waals surface area contributed by atoms with Gasteiger partial charge in [-0.15, -0.1) is 0 Å². The maximum atomic E-state index is 12.6. The molecule has 0 aromatic heterocycles. The van der Waals surface area contributed by atoms with Gasteiger partial charge in [0, 0.05) is 35.7 Å². The second-order valence-corrected chi connectivity index (χ2v) is 8.28. The third kappa shape index (κ3) is 2.15. The topological polar surface area (TPSA) is 97.4 Å². The van der Waals surface area contributed by atoms with Crippen LogP contribution in [0.4, 0.5) is 0 Å². The standard InChI is InChI=1S/C15H17NO5S/c1-7-5-10-12(18)6-11(16-8(2)17)14(19)13(10)9-3-4-22(20,21)15(7)9/h6,9-10,13H,3-5H2,1-2H3,(H,16,17)/t9-,10+,13+/m1/s1. The van der Waals surface area contributed by atoms with E-state index in [4.69, 9.17) is 0 Å². The number of Topliss-reactive ketones (excluding diaryl/α,β-unsaturated/α-hetero) is 1. The third-order valence-electron chi connectivity index (χ3n) is 4.71. The van der Waals surface area contributed by atoms with E-state index in [0.29, 0.717) is 23.3 Å². The lowest BCUT2D eigenvalue weighted by Crippen LogP contribution is -2.45. The van der Waals surface area contributed by atoms with Crippen molar-refractivity contribution in [2.75, 3.05) is 5.75 Å².